The standard InChI is InChI=1S/C14H27N3O7/c1-7(19)17-12-11(21)10(20)9(6-18)24-14(12,23)13(22)8(16)4-2-3-5-15/h8-12,18,20-21,23H,2-6,15-16H2,1H3,(H,17,19)/t8-,9+,10+,11-,12+,14?/m0/s1. The summed E-state index contributed by atoms with van der Waals surface area (Å²) >= 11 is 0. The first-order valence-electron chi connectivity index (χ1n) is 7.83. The maximum Gasteiger partial charge on any atom is 0.252 e. The number of Topliss-reactive ketones (excluding diaryl/α,β-unsaturated/α-hetero) is 1. The third-order valence-corrected chi connectivity index (χ3v) is 4.02. The molecule has 1 aliphatic heterocycles. The van der Waals surface area contributed by atoms with Gasteiger partial charge in [0.25, 0.3) is 5.79 Å². The molecule has 0 radical (unpaired) electrons. The number of aliphatic hydroxyl groups excluding tert-OH is 3. The second kappa shape index (κ2) is 8.81. The molecule has 10 nitrogen and oxygen atoms in total. The zero-order valence-electron chi connectivity index (χ0n) is 13.6. The van der Waals surface area contributed by atoms with E-state index in [4.69, 9.17) is 16.2 Å². The highest BCUT2D eigenvalue weighted by Gasteiger charge is 2.58. The summed E-state index contributed by atoms with van der Waals surface area (Å²) in [6.07, 6.45) is -3.35. The molecule has 1 saturated heterocycles. The third kappa shape index (κ3) is 4.48. The van der Waals surface area contributed by atoms with Crippen molar-refractivity contribution in [1.29, 1.82) is 0 Å². The average molecular weight is 349 g/mol. The molecule has 1 unspecified atom stereocenters. The molecular weight excluding hydrogens is 322 g/mol. The maximum absolute atomic E-state index is 12.6. The van der Waals surface area contributed by atoms with Gasteiger partial charge in [-0.05, 0) is 19.4 Å². The number of amides is 1. The molecule has 1 fully saturated rings. The Morgan fingerprint density at radius 3 is 2.42 bits per heavy atom. The normalized spacial score (nSPS) is 34.6. The summed E-state index contributed by atoms with van der Waals surface area (Å²) in [5.41, 5.74) is 11.2. The van der Waals surface area contributed by atoms with Crippen molar-refractivity contribution in [3.63, 3.8) is 0 Å². The second-order valence-corrected chi connectivity index (χ2v) is 5.95. The Morgan fingerprint density at radius 1 is 1.29 bits per heavy atom. The fraction of sp³-hybridized carbons (Fsp3) is 0.857. The predicted octanol–water partition coefficient (Wildman–Crippen LogP) is -3.68. The monoisotopic (exact) mass is 349 g/mol. The van der Waals surface area contributed by atoms with Crippen LogP contribution in [0.3, 0.4) is 0 Å². The van der Waals surface area contributed by atoms with Gasteiger partial charge in [-0.3, -0.25) is 9.59 Å². The molecule has 1 amide bonds. The van der Waals surface area contributed by atoms with Crippen molar-refractivity contribution < 1.29 is 34.8 Å². The number of ketones is 1. The molecule has 0 aromatic carbocycles. The number of carbonyl (C=O) groups excluding carboxylic acids is 2. The number of ether oxygens (including phenoxy) is 1. The van der Waals surface area contributed by atoms with Gasteiger partial charge in [0.05, 0.1) is 12.6 Å². The highest BCUT2D eigenvalue weighted by molar-refractivity contribution is 5.92. The van der Waals surface area contributed by atoms with Crippen molar-refractivity contribution >= 4 is 11.7 Å². The molecule has 0 bridgehead atoms. The quantitative estimate of drug-likeness (QED) is 0.216. The molecule has 0 aliphatic carbocycles. The van der Waals surface area contributed by atoms with Gasteiger partial charge >= 0.3 is 0 Å². The number of carbonyl (C=O) groups is 2. The van der Waals surface area contributed by atoms with Crippen molar-refractivity contribution in [2.75, 3.05) is 13.2 Å². The van der Waals surface area contributed by atoms with Crippen molar-refractivity contribution in [3.8, 4) is 0 Å². The van der Waals surface area contributed by atoms with Crippen LogP contribution >= 0.6 is 0 Å². The first-order chi connectivity index (χ1) is 11.2. The van der Waals surface area contributed by atoms with E-state index >= 15 is 0 Å². The van der Waals surface area contributed by atoms with E-state index in [-0.39, 0.29) is 6.42 Å². The van der Waals surface area contributed by atoms with Crippen LogP contribution in [0.15, 0.2) is 0 Å². The van der Waals surface area contributed by atoms with Gasteiger partial charge in [-0.2, -0.15) is 0 Å². The SMILES string of the molecule is CC(=O)N[C@@H]1[C@@H](O)[C@H](O)[C@@H](CO)OC1(O)C(=O)[C@@H](N)CCCCN. The van der Waals surface area contributed by atoms with Crippen molar-refractivity contribution in [1.82, 2.24) is 5.32 Å². The fourth-order valence-electron chi connectivity index (χ4n) is 2.69. The van der Waals surface area contributed by atoms with Crippen LogP contribution in [0.5, 0.6) is 0 Å². The molecule has 0 spiro atoms. The summed E-state index contributed by atoms with van der Waals surface area (Å²) in [5.74, 6) is -4.28. The lowest BCUT2D eigenvalue weighted by Crippen LogP contribution is -2.74. The second-order valence-electron chi connectivity index (χ2n) is 5.95. The molecule has 1 heterocycles. The summed E-state index contributed by atoms with van der Waals surface area (Å²) in [4.78, 5) is 23.9. The summed E-state index contributed by atoms with van der Waals surface area (Å²) < 4.78 is 5.14. The van der Waals surface area contributed by atoms with Gasteiger partial charge in [-0.1, -0.05) is 6.42 Å². The highest BCUT2D eigenvalue weighted by Crippen LogP contribution is 2.30. The van der Waals surface area contributed by atoms with E-state index in [9.17, 15) is 30.0 Å². The lowest BCUT2D eigenvalue weighted by molar-refractivity contribution is -0.302. The molecule has 140 valence electrons. The molecule has 0 saturated carbocycles. The number of nitrogens with one attached hydrogen (secondary N) is 1. The molecule has 1 aliphatic rings. The summed E-state index contributed by atoms with van der Waals surface area (Å²) in [5, 5.41) is 42.1. The Bertz CT molecular complexity index is 450. The van der Waals surface area contributed by atoms with E-state index in [0.29, 0.717) is 19.4 Å². The summed E-state index contributed by atoms with van der Waals surface area (Å²) in [6, 6.07) is -2.75. The Kier molecular flexibility index (Phi) is 7.67. The molecule has 6 atom stereocenters. The Labute approximate surface area is 139 Å². The number of hydrogen-bond acceptors (Lipinski definition) is 9. The molecular formula is C14H27N3O7. The fourth-order valence-corrected chi connectivity index (χ4v) is 2.69. The number of aliphatic hydroxyl groups is 4. The Morgan fingerprint density at radius 2 is 1.92 bits per heavy atom. The molecule has 0 aromatic rings. The van der Waals surface area contributed by atoms with Crippen LogP contribution in [0.2, 0.25) is 0 Å². The minimum Gasteiger partial charge on any atom is -0.394 e. The lowest BCUT2D eigenvalue weighted by atomic mass is 9.85. The van der Waals surface area contributed by atoms with Gasteiger partial charge < -0.3 is 41.9 Å². The van der Waals surface area contributed by atoms with Gasteiger partial charge in [-0.15, -0.1) is 0 Å². The summed E-state index contributed by atoms with van der Waals surface area (Å²) in [7, 11) is 0. The number of nitrogens with two attached hydrogens (primary N) is 2. The zero-order chi connectivity index (χ0) is 18.5. The van der Waals surface area contributed by atoms with Gasteiger partial charge in [0.15, 0.2) is 0 Å². The number of hydrogen-bond donors (Lipinski definition) is 7. The minimum atomic E-state index is -2.67. The van der Waals surface area contributed by atoms with E-state index in [0.717, 1.165) is 6.92 Å². The Hall–Kier alpha value is -1.14. The number of unbranched alkanes of at least 4 members (excludes halogenated alkanes) is 1. The predicted molar refractivity (Wildman–Crippen MR) is 82.4 cm³/mol. The third-order valence-electron chi connectivity index (χ3n) is 4.02. The first-order valence-corrected chi connectivity index (χ1v) is 7.83. The molecule has 0 aromatic heterocycles. The summed E-state index contributed by atoms with van der Waals surface area (Å²) in [6.45, 7) is 0.792. The van der Waals surface area contributed by atoms with Crippen LogP contribution in [0.25, 0.3) is 0 Å². The molecule has 9 N–H and O–H groups in total. The van der Waals surface area contributed by atoms with E-state index in [1.54, 1.807) is 0 Å². The average Bonchev–Trinajstić information content (AvgIpc) is 2.54. The van der Waals surface area contributed by atoms with Gasteiger partial charge in [0, 0.05) is 6.92 Å². The highest BCUT2D eigenvalue weighted by atomic mass is 16.7. The van der Waals surface area contributed by atoms with Crippen LogP contribution in [-0.4, -0.2) is 81.5 Å². The van der Waals surface area contributed by atoms with E-state index in [1.165, 1.54) is 0 Å². The lowest BCUT2D eigenvalue weighted by Gasteiger charge is -2.47. The smallest absolute Gasteiger partial charge is 0.252 e. The van der Waals surface area contributed by atoms with Gasteiger partial charge in [0.2, 0.25) is 11.7 Å². The molecule has 10 heteroatoms. The van der Waals surface area contributed by atoms with Gasteiger partial charge in [-0.25, -0.2) is 0 Å². The van der Waals surface area contributed by atoms with E-state index < -0.39 is 54.5 Å². The van der Waals surface area contributed by atoms with Crippen molar-refractivity contribution in [2.45, 2.75) is 62.4 Å². The first kappa shape index (κ1) is 20.9. The van der Waals surface area contributed by atoms with E-state index in [2.05, 4.69) is 5.32 Å². The minimum absolute atomic E-state index is 0.219. The van der Waals surface area contributed by atoms with Crippen molar-refractivity contribution in [3.05, 3.63) is 0 Å². The topological polar surface area (TPSA) is 188 Å². The molecule has 24 heavy (non-hydrogen) atoms. The van der Waals surface area contributed by atoms with Crippen LogP contribution in [0.4, 0.5) is 0 Å². The largest absolute Gasteiger partial charge is 0.394 e. The number of rotatable bonds is 8. The van der Waals surface area contributed by atoms with Crippen molar-refractivity contribution in [2.24, 2.45) is 11.5 Å². The Balaban J connectivity index is 3.05. The van der Waals surface area contributed by atoms with Crippen LogP contribution in [0.1, 0.15) is 26.2 Å². The van der Waals surface area contributed by atoms with Crippen LogP contribution in [0, 0.1) is 0 Å². The van der Waals surface area contributed by atoms with Crippen LogP contribution < -0.4 is 16.8 Å². The zero-order valence-corrected chi connectivity index (χ0v) is 13.6. The van der Waals surface area contributed by atoms with Crippen LogP contribution in [-0.2, 0) is 14.3 Å². The van der Waals surface area contributed by atoms with E-state index in [1.807, 2.05) is 0 Å². The van der Waals surface area contributed by atoms with Gasteiger partial charge in [0.1, 0.15) is 24.4 Å². The molecule has 1 rings (SSSR count). The maximum atomic E-state index is 12.6.